The molecule has 0 bridgehead atoms. The first-order valence-corrected chi connectivity index (χ1v) is 11.5. The Morgan fingerprint density at radius 1 is 0.452 bits per heavy atom. The maximum atomic E-state index is 11.1. The van der Waals surface area contributed by atoms with Crippen LogP contribution in [0.3, 0.4) is 0 Å². The van der Waals surface area contributed by atoms with Crippen LogP contribution in [0.25, 0.3) is 0 Å². The second kappa shape index (κ2) is 27.2. The largest absolute Gasteiger partial charge is 0.463 e. The first-order valence-electron chi connectivity index (χ1n) is 11.5. The highest BCUT2D eigenvalue weighted by molar-refractivity contribution is 5.69. The molecule has 9 nitrogen and oxygen atoms in total. The highest BCUT2D eigenvalue weighted by Gasteiger charge is 1.99. The quantitative estimate of drug-likeness (QED) is 0.145. The minimum atomic E-state index is -0.180. The molecule has 0 radical (unpaired) electrons. The van der Waals surface area contributed by atoms with Crippen LogP contribution >= 0.6 is 0 Å². The van der Waals surface area contributed by atoms with E-state index < -0.39 is 0 Å². The minimum absolute atomic E-state index is 0.180. The summed E-state index contributed by atoms with van der Waals surface area (Å²) in [6.45, 7) is 12.0. The van der Waals surface area contributed by atoms with Gasteiger partial charge in [0.05, 0.1) is 85.9 Å². The zero-order chi connectivity index (χ0) is 22.7. The maximum Gasteiger partial charge on any atom is 0.305 e. The summed E-state index contributed by atoms with van der Waals surface area (Å²) in [5.41, 5.74) is 0. The molecule has 0 rings (SSSR count). The van der Waals surface area contributed by atoms with Gasteiger partial charge in [0.25, 0.3) is 0 Å². The van der Waals surface area contributed by atoms with E-state index in [0.29, 0.717) is 92.3 Å². The topological polar surface area (TPSA) is 90.9 Å². The van der Waals surface area contributed by atoms with Crippen molar-refractivity contribution in [2.45, 2.75) is 39.5 Å². The number of carbonyl (C=O) groups excluding carboxylic acids is 1. The smallest absolute Gasteiger partial charge is 0.305 e. The molecule has 0 aromatic carbocycles. The lowest BCUT2D eigenvalue weighted by Gasteiger charge is -2.08. The highest BCUT2D eigenvalue weighted by Crippen LogP contribution is 1.91. The van der Waals surface area contributed by atoms with Crippen LogP contribution in [0.4, 0.5) is 0 Å². The molecule has 31 heavy (non-hydrogen) atoms. The average molecular weight is 453 g/mol. The molecular formula is C22H44O9. The molecule has 186 valence electrons. The molecule has 0 N–H and O–H groups in total. The Bertz CT molecular complexity index is 356. The second-order valence-corrected chi connectivity index (χ2v) is 6.61. The van der Waals surface area contributed by atoms with Gasteiger partial charge in [-0.25, -0.2) is 0 Å². The Hall–Kier alpha value is -0.810. The molecule has 0 aliphatic rings. The normalized spacial score (nSPS) is 11.2. The SMILES string of the molecule is CCCCOCCOCCOCCOCCOCCOCCOCCOC(=O)CCC. The third-order valence-corrected chi connectivity index (χ3v) is 3.82. The number of carbonyl (C=O) groups is 1. The van der Waals surface area contributed by atoms with E-state index >= 15 is 0 Å². The van der Waals surface area contributed by atoms with Gasteiger partial charge >= 0.3 is 5.97 Å². The minimum Gasteiger partial charge on any atom is -0.463 e. The van der Waals surface area contributed by atoms with Gasteiger partial charge in [0.1, 0.15) is 6.61 Å². The van der Waals surface area contributed by atoms with Crippen molar-refractivity contribution in [1.29, 1.82) is 0 Å². The summed E-state index contributed by atoms with van der Waals surface area (Å²) in [6, 6.07) is 0. The Labute approximate surface area is 187 Å². The summed E-state index contributed by atoms with van der Waals surface area (Å²) < 4.78 is 42.7. The first-order chi connectivity index (χ1) is 15.3. The van der Waals surface area contributed by atoms with Crippen molar-refractivity contribution in [3.05, 3.63) is 0 Å². The molecule has 0 aliphatic carbocycles. The van der Waals surface area contributed by atoms with Crippen LogP contribution in [0.2, 0.25) is 0 Å². The summed E-state index contributed by atoms with van der Waals surface area (Å²) in [5.74, 6) is -0.180. The molecule has 9 heteroatoms. The van der Waals surface area contributed by atoms with E-state index in [1.54, 1.807) is 0 Å². The van der Waals surface area contributed by atoms with Gasteiger partial charge in [0.15, 0.2) is 0 Å². The summed E-state index contributed by atoms with van der Waals surface area (Å²) in [6.07, 6.45) is 3.49. The van der Waals surface area contributed by atoms with E-state index in [1.165, 1.54) is 0 Å². The van der Waals surface area contributed by atoms with E-state index in [2.05, 4.69) is 6.92 Å². The van der Waals surface area contributed by atoms with Crippen LogP contribution in [-0.4, -0.2) is 105 Å². The fourth-order valence-electron chi connectivity index (χ4n) is 2.16. The number of esters is 1. The van der Waals surface area contributed by atoms with Gasteiger partial charge in [0.2, 0.25) is 0 Å². The summed E-state index contributed by atoms with van der Waals surface area (Å²) in [7, 11) is 0. The van der Waals surface area contributed by atoms with Crippen LogP contribution in [0.5, 0.6) is 0 Å². The van der Waals surface area contributed by atoms with Gasteiger partial charge in [-0.2, -0.15) is 0 Å². The van der Waals surface area contributed by atoms with E-state index in [4.69, 9.17) is 37.9 Å². The van der Waals surface area contributed by atoms with Crippen molar-refractivity contribution in [3.8, 4) is 0 Å². The zero-order valence-electron chi connectivity index (χ0n) is 19.6. The molecule has 0 aromatic rings. The Kier molecular flexibility index (Phi) is 26.5. The highest BCUT2D eigenvalue weighted by atomic mass is 16.6. The Balaban J connectivity index is 3.03. The molecule has 0 atom stereocenters. The number of rotatable bonds is 26. The number of hydrogen-bond acceptors (Lipinski definition) is 9. The third-order valence-electron chi connectivity index (χ3n) is 3.82. The van der Waals surface area contributed by atoms with Gasteiger partial charge in [-0.3, -0.25) is 4.79 Å². The fourth-order valence-corrected chi connectivity index (χ4v) is 2.16. The van der Waals surface area contributed by atoms with E-state index in [0.717, 1.165) is 25.9 Å². The third kappa shape index (κ3) is 27.2. The van der Waals surface area contributed by atoms with Crippen LogP contribution < -0.4 is 0 Å². The van der Waals surface area contributed by atoms with Crippen LogP contribution in [-0.2, 0) is 42.7 Å². The maximum absolute atomic E-state index is 11.1. The standard InChI is InChI=1S/C22H44O9/c1-3-5-7-24-8-9-25-10-11-26-12-13-27-14-15-28-16-17-29-18-19-30-20-21-31-22(23)6-4-2/h3-21H2,1-2H3. The molecule has 0 aliphatic heterocycles. The number of ether oxygens (including phenoxy) is 8. The van der Waals surface area contributed by atoms with Crippen molar-refractivity contribution >= 4 is 5.97 Å². The van der Waals surface area contributed by atoms with Crippen molar-refractivity contribution < 1.29 is 42.7 Å². The van der Waals surface area contributed by atoms with Crippen molar-refractivity contribution in [1.82, 2.24) is 0 Å². The van der Waals surface area contributed by atoms with Crippen LogP contribution in [0.15, 0.2) is 0 Å². The van der Waals surface area contributed by atoms with E-state index in [1.807, 2.05) is 6.92 Å². The Morgan fingerprint density at radius 2 is 0.774 bits per heavy atom. The summed E-state index contributed by atoms with van der Waals surface area (Å²) in [5, 5.41) is 0. The van der Waals surface area contributed by atoms with Gasteiger partial charge in [0, 0.05) is 13.0 Å². The first kappa shape index (κ1) is 30.2. The lowest BCUT2D eigenvalue weighted by Crippen LogP contribution is -2.15. The van der Waals surface area contributed by atoms with Gasteiger partial charge in [-0.05, 0) is 12.8 Å². The molecule has 0 aromatic heterocycles. The summed E-state index contributed by atoms with van der Waals surface area (Å²) in [4.78, 5) is 11.1. The molecule has 0 unspecified atom stereocenters. The fraction of sp³-hybridized carbons (Fsp3) is 0.955. The lowest BCUT2D eigenvalue weighted by atomic mass is 10.3. The number of hydrogen-bond donors (Lipinski definition) is 0. The second-order valence-electron chi connectivity index (χ2n) is 6.61. The summed E-state index contributed by atoms with van der Waals surface area (Å²) >= 11 is 0. The molecule has 0 fully saturated rings. The molecule has 0 saturated heterocycles. The van der Waals surface area contributed by atoms with E-state index in [-0.39, 0.29) is 12.6 Å². The molecule has 0 amide bonds. The van der Waals surface area contributed by atoms with E-state index in [9.17, 15) is 4.79 Å². The average Bonchev–Trinajstić information content (AvgIpc) is 2.77. The number of unbranched alkanes of at least 4 members (excludes halogenated alkanes) is 1. The molecule has 0 saturated carbocycles. The molecular weight excluding hydrogens is 408 g/mol. The monoisotopic (exact) mass is 452 g/mol. The van der Waals surface area contributed by atoms with Crippen molar-refractivity contribution in [3.63, 3.8) is 0 Å². The van der Waals surface area contributed by atoms with Gasteiger partial charge in [-0.1, -0.05) is 20.3 Å². The molecule has 0 heterocycles. The Morgan fingerprint density at radius 3 is 1.10 bits per heavy atom. The predicted octanol–water partition coefficient (Wildman–Crippen LogP) is 2.25. The van der Waals surface area contributed by atoms with Crippen LogP contribution in [0, 0.1) is 0 Å². The predicted molar refractivity (Wildman–Crippen MR) is 117 cm³/mol. The van der Waals surface area contributed by atoms with Crippen molar-refractivity contribution in [2.75, 3.05) is 99.1 Å². The molecule has 0 spiro atoms. The van der Waals surface area contributed by atoms with Gasteiger partial charge in [-0.15, -0.1) is 0 Å². The van der Waals surface area contributed by atoms with Crippen molar-refractivity contribution in [2.24, 2.45) is 0 Å². The van der Waals surface area contributed by atoms with Gasteiger partial charge < -0.3 is 37.9 Å². The van der Waals surface area contributed by atoms with Crippen LogP contribution in [0.1, 0.15) is 39.5 Å². The zero-order valence-corrected chi connectivity index (χ0v) is 19.6. The lowest BCUT2D eigenvalue weighted by molar-refractivity contribution is -0.145.